The molecule has 0 atom stereocenters. The van der Waals surface area contributed by atoms with E-state index in [1.807, 2.05) is 4.90 Å². The van der Waals surface area contributed by atoms with Gasteiger partial charge in [-0.2, -0.15) is 4.31 Å². The Kier molecular flexibility index (Phi) is 6.20. The molecule has 1 saturated carbocycles. The lowest BCUT2D eigenvalue weighted by Crippen LogP contribution is -2.35. The predicted molar refractivity (Wildman–Crippen MR) is 113 cm³/mol. The van der Waals surface area contributed by atoms with Crippen molar-refractivity contribution in [3.63, 3.8) is 0 Å². The summed E-state index contributed by atoms with van der Waals surface area (Å²) in [7, 11) is -3.46. The first kappa shape index (κ1) is 21.0. The number of hydrogen-bond donors (Lipinski definition) is 0. The summed E-state index contributed by atoms with van der Waals surface area (Å²) in [5.74, 6) is -0.281. The van der Waals surface area contributed by atoms with E-state index in [2.05, 4.69) is 0 Å². The van der Waals surface area contributed by atoms with Gasteiger partial charge in [-0.1, -0.05) is 30.7 Å². The van der Waals surface area contributed by atoms with Crippen LogP contribution in [0.25, 0.3) is 0 Å². The molecule has 1 amide bonds. The topological polar surface area (TPSA) is 57.7 Å². The molecule has 5 nitrogen and oxygen atoms in total. The van der Waals surface area contributed by atoms with Crippen LogP contribution in [0.5, 0.6) is 0 Å². The zero-order valence-electron chi connectivity index (χ0n) is 17.0. The number of nitrogens with zero attached hydrogens (tertiary/aromatic N) is 2. The molecule has 0 aromatic heterocycles. The molecule has 0 radical (unpaired) electrons. The van der Waals surface area contributed by atoms with Gasteiger partial charge < -0.3 is 4.90 Å². The molecule has 1 aliphatic heterocycles. The Hall–Kier alpha value is -2.25. The molecule has 1 saturated heterocycles. The highest BCUT2D eigenvalue weighted by Gasteiger charge is 2.32. The molecule has 160 valence electrons. The standard InChI is InChI=1S/C23H27FN2O3S/c24-20-8-4-19(5-9-20)17-26(21-10-11-21)23(27)16-18-6-12-22(13-7-18)30(28,29)25-14-2-1-3-15-25/h4-9,12-13,21H,1-3,10-11,14-17H2. The highest BCUT2D eigenvalue weighted by Crippen LogP contribution is 2.29. The molecular weight excluding hydrogens is 403 g/mol. The first-order valence-corrected chi connectivity index (χ1v) is 12.0. The fourth-order valence-electron chi connectivity index (χ4n) is 3.90. The summed E-state index contributed by atoms with van der Waals surface area (Å²) in [5, 5.41) is 0. The minimum atomic E-state index is -3.46. The number of carbonyl (C=O) groups excluding carboxylic acids is 1. The summed E-state index contributed by atoms with van der Waals surface area (Å²) in [5.41, 5.74) is 1.70. The summed E-state index contributed by atoms with van der Waals surface area (Å²) < 4.78 is 40.3. The number of piperidine rings is 1. The van der Waals surface area contributed by atoms with E-state index in [4.69, 9.17) is 0 Å². The molecule has 1 aliphatic carbocycles. The van der Waals surface area contributed by atoms with Crippen LogP contribution in [-0.4, -0.2) is 42.7 Å². The van der Waals surface area contributed by atoms with Crippen molar-refractivity contribution < 1.29 is 17.6 Å². The lowest BCUT2D eigenvalue weighted by Gasteiger charge is -2.26. The van der Waals surface area contributed by atoms with E-state index >= 15 is 0 Å². The van der Waals surface area contributed by atoms with Crippen molar-refractivity contribution in [2.75, 3.05) is 13.1 Å². The normalized spacial score (nSPS) is 17.6. The maximum Gasteiger partial charge on any atom is 0.243 e. The number of amides is 1. The minimum absolute atomic E-state index is 0.00784. The molecule has 0 spiro atoms. The number of rotatable bonds is 7. The third-order valence-electron chi connectivity index (χ3n) is 5.81. The average molecular weight is 431 g/mol. The smallest absolute Gasteiger partial charge is 0.243 e. The van der Waals surface area contributed by atoms with Crippen LogP contribution in [0, 0.1) is 5.82 Å². The minimum Gasteiger partial charge on any atom is -0.335 e. The third kappa shape index (κ3) is 4.90. The van der Waals surface area contributed by atoms with E-state index in [9.17, 15) is 17.6 Å². The largest absolute Gasteiger partial charge is 0.335 e. The molecule has 2 aromatic carbocycles. The molecule has 2 aliphatic rings. The van der Waals surface area contributed by atoms with Gasteiger partial charge in [0.1, 0.15) is 5.82 Å². The molecule has 0 unspecified atom stereocenters. The van der Waals surface area contributed by atoms with Gasteiger partial charge in [-0.25, -0.2) is 12.8 Å². The Balaban J connectivity index is 1.42. The van der Waals surface area contributed by atoms with Gasteiger partial charge >= 0.3 is 0 Å². The second-order valence-electron chi connectivity index (χ2n) is 8.16. The maximum atomic E-state index is 13.2. The zero-order chi connectivity index (χ0) is 21.1. The molecular formula is C23H27FN2O3S. The van der Waals surface area contributed by atoms with Crippen LogP contribution in [0.2, 0.25) is 0 Å². The van der Waals surface area contributed by atoms with E-state index in [0.29, 0.717) is 19.6 Å². The van der Waals surface area contributed by atoms with Gasteiger partial charge in [-0.05, 0) is 61.1 Å². The highest BCUT2D eigenvalue weighted by atomic mass is 32.2. The molecule has 30 heavy (non-hydrogen) atoms. The van der Waals surface area contributed by atoms with Gasteiger partial charge in [0.05, 0.1) is 11.3 Å². The van der Waals surface area contributed by atoms with E-state index in [1.165, 1.54) is 12.1 Å². The Morgan fingerprint density at radius 2 is 1.53 bits per heavy atom. The van der Waals surface area contributed by atoms with Crippen molar-refractivity contribution in [1.82, 2.24) is 9.21 Å². The molecule has 4 rings (SSSR count). The van der Waals surface area contributed by atoms with Crippen LogP contribution >= 0.6 is 0 Å². The van der Waals surface area contributed by atoms with Crippen molar-refractivity contribution >= 4 is 15.9 Å². The third-order valence-corrected chi connectivity index (χ3v) is 7.72. The van der Waals surface area contributed by atoms with Crippen LogP contribution in [0.4, 0.5) is 4.39 Å². The second kappa shape index (κ2) is 8.86. The van der Waals surface area contributed by atoms with Gasteiger partial charge in [-0.3, -0.25) is 4.79 Å². The average Bonchev–Trinajstić information content (AvgIpc) is 3.59. The van der Waals surface area contributed by atoms with Crippen molar-refractivity contribution in [2.45, 2.75) is 56.0 Å². The van der Waals surface area contributed by atoms with Gasteiger partial charge in [-0.15, -0.1) is 0 Å². The second-order valence-corrected chi connectivity index (χ2v) is 10.1. The summed E-state index contributed by atoms with van der Waals surface area (Å²) in [4.78, 5) is 15.1. The highest BCUT2D eigenvalue weighted by molar-refractivity contribution is 7.89. The van der Waals surface area contributed by atoms with Crippen LogP contribution in [0.15, 0.2) is 53.4 Å². The number of benzene rings is 2. The number of hydrogen-bond acceptors (Lipinski definition) is 3. The van der Waals surface area contributed by atoms with Gasteiger partial charge in [0.25, 0.3) is 0 Å². The Morgan fingerprint density at radius 3 is 2.13 bits per heavy atom. The fourth-order valence-corrected chi connectivity index (χ4v) is 5.42. The van der Waals surface area contributed by atoms with Crippen LogP contribution in [0.1, 0.15) is 43.2 Å². The van der Waals surface area contributed by atoms with Crippen molar-refractivity contribution in [1.29, 1.82) is 0 Å². The predicted octanol–water partition coefficient (Wildman–Crippen LogP) is 3.73. The van der Waals surface area contributed by atoms with Gasteiger partial charge in [0.15, 0.2) is 0 Å². The first-order chi connectivity index (χ1) is 14.4. The van der Waals surface area contributed by atoms with Crippen LogP contribution in [-0.2, 0) is 27.8 Å². The fraction of sp³-hybridized carbons (Fsp3) is 0.435. The Labute approximate surface area is 177 Å². The van der Waals surface area contributed by atoms with Crippen LogP contribution in [0.3, 0.4) is 0 Å². The van der Waals surface area contributed by atoms with Crippen LogP contribution < -0.4 is 0 Å². The maximum absolute atomic E-state index is 13.2. The first-order valence-electron chi connectivity index (χ1n) is 10.6. The Morgan fingerprint density at radius 1 is 0.933 bits per heavy atom. The lowest BCUT2D eigenvalue weighted by atomic mass is 10.1. The van der Waals surface area contributed by atoms with Crippen molar-refractivity contribution in [3.8, 4) is 0 Å². The molecule has 1 heterocycles. The van der Waals surface area contributed by atoms with Gasteiger partial charge in [0.2, 0.25) is 15.9 Å². The number of sulfonamides is 1. The quantitative estimate of drug-likeness (QED) is 0.673. The molecule has 7 heteroatoms. The van der Waals surface area contributed by atoms with Crippen molar-refractivity contribution in [2.24, 2.45) is 0 Å². The molecule has 0 bridgehead atoms. The summed E-state index contributed by atoms with van der Waals surface area (Å²) >= 11 is 0. The Bertz CT molecular complexity index is 980. The number of carbonyl (C=O) groups is 1. The molecule has 2 aromatic rings. The van der Waals surface area contributed by atoms with E-state index < -0.39 is 10.0 Å². The lowest BCUT2D eigenvalue weighted by molar-refractivity contribution is -0.131. The summed E-state index contributed by atoms with van der Waals surface area (Å²) in [6.07, 6.45) is 5.07. The van der Waals surface area contributed by atoms with E-state index in [-0.39, 0.29) is 29.1 Å². The van der Waals surface area contributed by atoms with Gasteiger partial charge in [0, 0.05) is 25.7 Å². The monoisotopic (exact) mass is 430 g/mol. The summed E-state index contributed by atoms with van der Waals surface area (Å²) in [6.45, 7) is 1.61. The zero-order valence-corrected chi connectivity index (χ0v) is 17.8. The van der Waals surface area contributed by atoms with E-state index in [1.54, 1.807) is 40.7 Å². The molecule has 2 fully saturated rings. The number of halogens is 1. The van der Waals surface area contributed by atoms with E-state index in [0.717, 1.165) is 43.2 Å². The SMILES string of the molecule is O=C(Cc1ccc(S(=O)(=O)N2CCCCC2)cc1)N(Cc1ccc(F)cc1)C1CC1. The van der Waals surface area contributed by atoms with Crippen molar-refractivity contribution in [3.05, 3.63) is 65.5 Å². The summed E-state index contributed by atoms with van der Waals surface area (Å²) in [6, 6.07) is 13.1. The molecule has 0 N–H and O–H groups in total.